The second-order valence-corrected chi connectivity index (χ2v) is 10.8. The fraction of sp³-hybridized carbons (Fsp3) is 0.348. The molecule has 1 fully saturated rings. The highest BCUT2D eigenvalue weighted by molar-refractivity contribution is 7.89. The summed E-state index contributed by atoms with van der Waals surface area (Å²) in [5.74, 6) is -0.327. The molecule has 1 aromatic heterocycles. The van der Waals surface area contributed by atoms with Gasteiger partial charge >= 0.3 is 0 Å². The number of hydrogen-bond donors (Lipinski definition) is 1. The van der Waals surface area contributed by atoms with Crippen molar-refractivity contribution in [2.24, 2.45) is 0 Å². The van der Waals surface area contributed by atoms with Gasteiger partial charge in [0, 0.05) is 31.6 Å². The lowest BCUT2D eigenvalue weighted by Crippen LogP contribution is -2.45. The molecule has 2 heterocycles. The van der Waals surface area contributed by atoms with Crippen molar-refractivity contribution in [3.05, 3.63) is 64.9 Å². The number of thiophene rings is 1. The van der Waals surface area contributed by atoms with E-state index in [1.54, 1.807) is 29.5 Å². The van der Waals surface area contributed by atoms with Crippen molar-refractivity contribution in [2.75, 3.05) is 46.4 Å². The monoisotopic (exact) mass is 473 g/mol. The van der Waals surface area contributed by atoms with Gasteiger partial charge in [-0.3, -0.25) is 9.69 Å². The lowest BCUT2D eigenvalue weighted by atomic mass is 10.1. The molecule has 0 bridgehead atoms. The SMILES string of the molecule is CN(CC(=O)NC[C@H](c1cccs1)N1CCOCC1)S(=O)(=O)c1ccc2ccccc2c1. The summed E-state index contributed by atoms with van der Waals surface area (Å²) in [5.41, 5.74) is 0. The van der Waals surface area contributed by atoms with Gasteiger partial charge < -0.3 is 10.1 Å². The molecule has 0 unspecified atom stereocenters. The number of sulfonamides is 1. The Bertz CT molecular complexity index is 1160. The van der Waals surface area contributed by atoms with Gasteiger partial charge in [0.2, 0.25) is 15.9 Å². The summed E-state index contributed by atoms with van der Waals surface area (Å²) in [6, 6.07) is 16.7. The summed E-state index contributed by atoms with van der Waals surface area (Å²) in [6.07, 6.45) is 0. The van der Waals surface area contributed by atoms with Gasteiger partial charge in [-0.25, -0.2) is 8.42 Å². The molecule has 1 atom stereocenters. The Labute approximate surface area is 192 Å². The Hall–Kier alpha value is -2.30. The van der Waals surface area contributed by atoms with Crippen LogP contribution in [0, 0.1) is 0 Å². The number of rotatable bonds is 8. The molecule has 2 aromatic carbocycles. The van der Waals surface area contributed by atoms with Crippen LogP contribution in [0.3, 0.4) is 0 Å². The lowest BCUT2D eigenvalue weighted by molar-refractivity contribution is -0.121. The van der Waals surface area contributed by atoms with Crippen LogP contribution in [0.25, 0.3) is 10.8 Å². The third-order valence-electron chi connectivity index (χ3n) is 5.65. The third kappa shape index (κ3) is 5.19. The minimum absolute atomic E-state index is 0.0465. The molecule has 1 aliphatic rings. The summed E-state index contributed by atoms with van der Waals surface area (Å²) >= 11 is 1.65. The number of carbonyl (C=O) groups excluding carboxylic acids is 1. The number of ether oxygens (including phenoxy) is 1. The van der Waals surface area contributed by atoms with Gasteiger partial charge in [-0.1, -0.05) is 36.4 Å². The van der Waals surface area contributed by atoms with Crippen LogP contribution in [0.2, 0.25) is 0 Å². The maximum atomic E-state index is 13.0. The zero-order valence-corrected chi connectivity index (χ0v) is 19.6. The first-order chi connectivity index (χ1) is 15.4. The van der Waals surface area contributed by atoms with Gasteiger partial charge in [0.15, 0.2) is 0 Å². The molecule has 1 aliphatic heterocycles. The van der Waals surface area contributed by atoms with E-state index in [9.17, 15) is 13.2 Å². The first-order valence-electron chi connectivity index (χ1n) is 10.5. The van der Waals surface area contributed by atoms with Gasteiger partial charge in [0.25, 0.3) is 0 Å². The van der Waals surface area contributed by atoms with Crippen LogP contribution in [-0.4, -0.2) is 70.0 Å². The van der Waals surface area contributed by atoms with Crippen LogP contribution < -0.4 is 5.32 Å². The minimum Gasteiger partial charge on any atom is -0.379 e. The van der Waals surface area contributed by atoms with Crippen LogP contribution in [0.1, 0.15) is 10.9 Å². The summed E-state index contributed by atoms with van der Waals surface area (Å²) in [5, 5.41) is 6.76. The van der Waals surface area contributed by atoms with Gasteiger partial charge in [0.05, 0.1) is 30.7 Å². The largest absolute Gasteiger partial charge is 0.379 e. The predicted molar refractivity (Wildman–Crippen MR) is 126 cm³/mol. The van der Waals surface area contributed by atoms with Crippen molar-refractivity contribution in [3.8, 4) is 0 Å². The summed E-state index contributed by atoms with van der Waals surface area (Å²) in [6.45, 7) is 3.12. The van der Waals surface area contributed by atoms with Crippen molar-refractivity contribution < 1.29 is 17.9 Å². The number of benzene rings is 2. The summed E-state index contributed by atoms with van der Waals surface area (Å²) in [7, 11) is -2.35. The summed E-state index contributed by atoms with van der Waals surface area (Å²) < 4.78 is 32.6. The van der Waals surface area contributed by atoms with Crippen LogP contribution in [0.15, 0.2) is 64.9 Å². The molecule has 3 aromatic rings. The molecule has 0 aliphatic carbocycles. The van der Waals surface area contributed by atoms with Crippen LogP contribution in [0.5, 0.6) is 0 Å². The standard InChI is InChI=1S/C23H27N3O4S2/c1-25(32(28,29)20-9-8-18-5-2-3-6-19(18)15-20)17-23(27)24-16-21(22-7-4-14-31-22)26-10-12-30-13-11-26/h2-9,14-15,21H,10-13,16-17H2,1H3,(H,24,27)/t21-/m1/s1. The smallest absolute Gasteiger partial charge is 0.243 e. The van der Waals surface area contributed by atoms with Crippen molar-refractivity contribution >= 4 is 38.0 Å². The van der Waals surface area contributed by atoms with Crippen molar-refractivity contribution in [3.63, 3.8) is 0 Å². The maximum absolute atomic E-state index is 13.0. The lowest BCUT2D eigenvalue weighted by Gasteiger charge is -2.34. The second kappa shape index (κ2) is 10.1. The Balaban J connectivity index is 1.40. The van der Waals surface area contributed by atoms with Gasteiger partial charge in [-0.15, -0.1) is 11.3 Å². The van der Waals surface area contributed by atoms with E-state index in [-0.39, 0.29) is 23.4 Å². The van der Waals surface area contributed by atoms with E-state index in [4.69, 9.17) is 4.74 Å². The fourth-order valence-electron chi connectivity index (χ4n) is 3.84. The third-order valence-corrected chi connectivity index (χ3v) is 8.42. The molecule has 1 saturated heterocycles. The molecule has 0 radical (unpaired) electrons. The van der Waals surface area contributed by atoms with Crippen molar-refractivity contribution in [1.29, 1.82) is 0 Å². The van der Waals surface area contributed by atoms with Gasteiger partial charge in [0.1, 0.15) is 0 Å². The van der Waals surface area contributed by atoms with E-state index in [1.807, 2.05) is 35.7 Å². The molecular formula is C23H27N3O4S2. The van der Waals surface area contributed by atoms with E-state index < -0.39 is 10.0 Å². The Kier molecular flexibility index (Phi) is 7.22. The Morgan fingerprint density at radius 2 is 1.88 bits per heavy atom. The average molecular weight is 474 g/mol. The van der Waals surface area contributed by atoms with Crippen molar-refractivity contribution in [1.82, 2.24) is 14.5 Å². The van der Waals surface area contributed by atoms with Crippen LogP contribution >= 0.6 is 11.3 Å². The quantitative estimate of drug-likeness (QED) is 0.544. The van der Waals surface area contributed by atoms with Crippen molar-refractivity contribution in [2.45, 2.75) is 10.9 Å². The molecular weight excluding hydrogens is 446 g/mol. The topological polar surface area (TPSA) is 79.0 Å². The molecule has 1 amide bonds. The first-order valence-corrected chi connectivity index (χ1v) is 12.8. The fourth-order valence-corrected chi connectivity index (χ4v) is 5.86. The molecule has 0 spiro atoms. The van der Waals surface area contributed by atoms with Gasteiger partial charge in [-0.2, -0.15) is 4.31 Å². The van der Waals surface area contributed by atoms with E-state index in [0.29, 0.717) is 19.8 Å². The van der Waals surface area contributed by atoms with E-state index in [2.05, 4.69) is 16.3 Å². The number of hydrogen-bond acceptors (Lipinski definition) is 6. The minimum atomic E-state index is -3.78. The predicted octanol–water partition coefficient (Wildman–Crippen LogP) is 2.71. The normalized spacial score (nSPS) is 16.3. The number of carbonyl (C=O) groups is 1. The first kappa shape index (κ1) is 22.9. The van der Waals surface area contributed by atoms with Crippen LogP contribution in [0.4, 0.5) is 0 Å². The van der Waals surface area contributed by atoms with E-state index in [1.165, 1.54) is 11.9 Å². The molecule has 0 saturated carbocycles. The number of amides is 1. The number of nitrogens with zero attached hydrogens (tertiary/aromatic N) is 2. The van der Waals surface area contributed by atoms with Gasteiger partial charge in [-0.05, 0) is 34.4 Å². The molecule has 1 N–H and O–H groups in total. The highest BCUT2D eigenvalue weighted by atomic mass is 32.2. The number of morpholine rings is 1. The number of fused-ring (bicyclic) bond motifs is 1. The Morgan fingerprint density at radius 3 is 2.59 bits per heavy atom. The molecule has 7 nitrogen and oxygen atoms in total. The number of nitrogens with one attached hydrogen (secondary N) is 1. The zero-order chi connectivity index (χ0) is 22.6. The second-order valence-electron chi connectivity index (χ2n) is 7.75. The molecule has 32 heavy (non-hydrogen) atoms. The zero-order valence-electron chi connectivity index (χ0n) is 17.9. The van der Waals surface area contributed by atoms with E-state index >= 15 is 0 Å². The maximum Gasteiger partial charge on any atom is 0.243 e. The highest BCUT2D eigenvalue weighted by Crippen LogP contribution is 2.25. The molecule has 170 valence electrons. The highest BCUT2D eigenvalue weighted by Gasteiger charge is 2.26. The average Bonchev–Trinajstić information content (AvgIpc) is 3.34. The number of likely N-dealkylation sites (N-methyl/N-ethyl adjacent to an activating group) is 1. The molecule has 4 rings (SSSR count). The Morgan fingerprint density at radius 1 is 1.12 bits per heavy atom. The van der Waals surface area contributed by atoms with E-state index in [0.717, 1.165) is 28.2 Å². The van der Waals surface area contributed by atoms with Crippen LogP contribution in [-0.2, 0) is 19.6 Å². The summed E-state index contributed by atoms with van der Waals surface area (Å²) in [4.78, 5) is 16.3. The molecule has 9 heteroatoms.